The third-order valence-electron chi connectivity index (χ3n) is 1.62. The highest BCUT2D eigenvalue weighted by atomic mass is 16.1. The summed E-state index contributed by atoms with van der Waals surface area (Å²) in [7, 11) is 0. The number of ketones is 1. The number of Topliss-reactive ketones (excluding diaryl/α,β-unsaturated/α-hetero) is 1. The van der Waals surface area contributed by atoms with Gasteiger partial charge in [-0.3, -0.25) is 9.69 Å². The summed E-state index contributed by atoms with van der Waals surface area (Å²) in [5.74, 6) is 0.280. The molecule has 1 heterocycles. The number of carbonyl (C=O) groups excluding carboxylic acids is 1. The van der Waals surface area contributed by atoms with Crippen molar-refractivity contribution < 1.29 is 4.79 Å². The van der Waals surface area contributed by atoms with Crippen LogP contribution in [-0.4, -0.2) is 29.8 Å². The van der Waals surface area contributed by atoms with E-state index in [4.69, 9.17) is 0 Å². The molecule has 0 bridgehead atoms. The first-order valence-electron chi connectivity index (χ1n) is 2.96. The molecule has 0 aromatic rings. The van der Waals surface area contributed by atoms with Gasteiger partial charge in [0.1, 0.15) is 5.78 Å². The van der Waals surface area contributed by atoms with Crippen molar-refractivity contribution in [1.29, 1.82) is 0 Å². The van der Waals surface area contributed by atoms with Crippen LogP contribution >= 0.6 is 0 Å². The van der Waals surface area contributed by atoms with Crippen LogP contribution in [0.5, 0.6) is 0 Å². The summed E-state index contributed by atoms with van der Waals surface area (Å²) in [5, 5.41) is 0. The highest BCUT2D eigenvalue weighted by molar-refractivity contribution is 5.81. The summed E-state index contributed by atoms with van der Waals surface area (Å²) in [5.41, 5.74) is 0. The van der Waals surface area contributed by atoms with E-state index in [1.165, 1.54) is 0 Å². The van der Waals surface area contributed by atoms with Crippen LogP contribution in [0, 0.1) is 0 Å². The third-order valence-corrected chi connectivity index (χ3v) is 1.62. The van der Waals surface area contributed by atoms with Crippen molar-refractivity contribution in [3.05, 3.63) is 0 Å². The van der Waals surface area contributed by atoms with E-state index < -0.39 is 0 Å². The van der Waals surface area contributed by atoms with Crippen molar-refractivity contribution in [1.82, 2.24) is 4.90 Å². The van der Waals surface area contributed by atoms with E-state index in [9.17, 15) is 4.79 Å². The second-order valence-electron chi connectivity index (χ2n) is 2.32. The van der Waals surface area contributed by atoms with Crippen LogP contribution in [0.15, 0.2) is 0 Å². The lowest BCUT2D eigenvalue weighted by atomic mass is 10.2. The molecule has 1 aliphatic heterocycles. The zero-order valence-electron chi connectivity index (χ0n) is 5.35. The minimum atomic E-state index is 0.176. The third kappa shape index (κ3) is 1.07. The SMILES string of the molecule is CC(=O)C(C)N1CC1. The molecule has 1 aliphatic rings. The van der Waals surface area contributed by atoms with Crippen molar-refractivity contribution in [3.63, 3.8) is 0 Å². The van der Waals surface area contributed by atoms with E-state index in [1.54, 1.807) is 6.92 Å². The van der Waals surface area contributed by atoms with Gasteiger partial charge in [-0.25, -0.2) is 0 Å². The molecule has 0 spiro atoms. The molecule has 0 aromatic carbocycles. The van der Waals surface area contributed by atoms with Crippen LogP contribution in [0.25, 0.3) is 0 Å². The van der Waals surface area contributed by atoms with Crippen molar-refractivity contribution in [2.75, 3.05) is 13.1 Å². The molecule has 1 unspecified atom stereocenters. The zero-order chi connectivity index (χ0) is 6.15. The van der Waals surface area contributed by atoms with Crippen LogP contribution < -0.4 is 0 Å². The minimum Gasteiger partial charge on any atom is -0.298 e. The first-order chi connectivity index (χ1) is 3.72. The normalized spacial score (nSPS) is 22.8. The van der Waals surface area contributed by atoms with Gasteiger partial charge in [0.05, 0.1) is 6.04 Å². The maximum absolute atomic E-state index is 10.6. The molecule has 2 heteroatoms. The van der Waals surface area contributed by atoms with Crippen molar-refractivity contribution in [2.24, 2.45) is 0 Å². The average molecular weight is 113 g/mol. The van der Waals surface area contributed by atoms with E-state index in [0.29, 0.717) is 0 Å². The van der Waals surface area contributed by atoms with Gasteiger partial charge in [-0.15, -0.1) is 0 Å². The molecular formula is C6H11NO. The van der Waals surface area contributed by atoms with E-state index in [2.05, 4.69) is 4.90 Å². The Balaban J connectivity index is 2.32. The molecule has 0 aromatic heterocycles. The molecule has 1 atom stereocenters. The van der Waals surface area contributed by atoms with Crippen molar-refractivity contribution in [2.45, 2.75) is 19.9 Å². The summed E-state index contributed by atoms with van der Waals surface area (Å²) in [6, 6.07) is 0.176. The molecule has 2 nitrogen and oxygen atoms in total. The van der Waals surface area contributed by atoms with Gasteiger partial charge in [0, 0.05) is 13.1 Å². The lowest BCUT2D eigenvalue weighted by Gasteiger charge is -2.05. The predicted molar refractivity (Wildman–Crippen MR) is 31.7 cm³/mol. The molecule has 8 heavy (non-hydrogen) atoms. The minimum absolute atomic E-state index is 0.176. The Kier molecular flexibility index (Phi) is 1.34. The van der Waals surface area contributed by atoms with Crippen LogP contribution in [0.3, 0.4) is 0 Å². The lowest BCUT2D eigenvalue weighted by Crippen LogP contribution is -2.22. The van der Waals surface area contributed by atoms with Gasteiger partial charge in [-0.1, -0.05) is 0 Å². The smallest absolute Gasteiger partial charge is 0.146 e. The summed E-state index contributed by atoms with van der Waals surface area (Å²) >= 11 is 0. The van der Waals surface area contributed by atoms with Gasteiger partial charge in [-0.2, -0.15) is 0 Å². The topological polar surface area (TPSA) is 20.1 Å². The Labute approximate surface area is 49.5 Å². The molecule has 0 aliphatic carbocycles. The Morgan fingerprint density at radius 1 is 1.62 bits per heavy atom. The summed E-state index contributed by atoms with van der Waals surface area (Å²) in [4.78, 5) is 12.7. The molecule has 46 valence electrons. The quantitative estimate of drug-likeness (QED) is 0.479. The zero-order valence-corrected chi connectivity index (χ0v) is 5.35. The van der Waals surface area contributed by atoms with Crippen LogP contribution in [0.2, 0.25) is 0 Å². The monoisotopic (exact) mass is 113 g/mol. The number of rotatable bonds is 2. The average Bonchev–Trinajstić information content (AvgIpc) is 2.43. The maximum Gasteiger partial charge on any atom is 0.146 e. The molecule has 0 N–H and O–H groups in total. The Bertz CT molecular complexity index is 107. The molecule has 0 radical (unpaired) electrons. The Morgan fingerprint density at radius 3 is 2.25 bits per heavy atom. The highest BCUT2D eigenvalue weighted by Crippen LogP contribution is 2.09. The molecule has 1 rings (SSSR count). The number of nitrogens with zero attached hydrogens (tertiary/aromatic N) is 1. The van der Waals surface area contributed by atoms with Gasteiger partial charge in [-0.05, 0) is 13.8 Å². The highest BCUT2D eigenvalue weighted by Gasteiger charge is 2.26. The van der Waals surface area contributed by atoms with Crippen LogP contribution in [0.4, 0.5) is 0 Å². The van der Waals surface area contributed by atoms with Crippen molar-refractivity contribution in [3.8, 4) is 0 Å². The lowest BCUT2D eigenvalue weighted by molar-refractivity contribution is -0.119. The fraction of sp³-hybridized carbons (Fsp3) is 0.833. The van der Waals surface area contributed by atoms with Gasteiger partial charge >= 0.3 is 0 Å². The summed E-state index contributed by atoms with van der Waals surface area (Å²) < 4.78 is 0. The molecule has 1 saturated heterocycles. The second-order valence-corrected chi connectivity index (χ2v) is 2.32. The number of hydrogen-bond donors (Lipinski definition) is 0. The number of carbonyl (C=O) groups is 1. The maximum atomic E-state index is 10.6. The Hall–Kier alpha value is -0.370. The van der Waals surface area contributed by atoms with Gasteiger partial charge in [0.2, 0.25) is 0 Å². The van der Waals surface area contributed by atoms with Gasteiger partial charge < -0.3 is 0 Å². The van der Waals surface area contributed by atoms with Crippen LogP contribution in [0.1, 0.15) is 13.8 Å². The fourth-order valence-electron chi connectivity index (χ4n) is 0.702. The first-order valence-corrected chi connectivity index (χ1v) is 2.96. The molecule has 0 saturated carbocycles. The van der Waals surface area contributed by atoms with Crippen molar-refractivity contribution >= 4 is 5.78 Å². The standard InChI is InChI=1S/C6H11NO/c1-5(6(2)8)7-3-4-7/h5H,3-4H2,1-2H3. The van der Waals surface area contributed by atoms with Crippen LogP contribution in [-0.2, 0) is 4.79 Å². The van der Waals surface area contributed by atoms with E-state index in [1.807, 2.05) is 6.92 Å². The van der Waals surface area contributed by atoms with Gasteiger partial charge in [0.25, 0.3) is 0 Å². The fourth-order valence-corrected chi connectivity index (χ4v) is 0.702. The largest absolute Gasteiger partial charge is 0.298 e. The molecular weight excluding hydrogens is 102 g/mol. The van der Waals surface area contributed by atoms with Gasteiger partial charge in [0.15, 0.2) is 0 Å². The number of hydrogen-bond acceptors (Lipinski definition) is 2. The summed E-state index contributed by atoms with van der Waals surface area (Å²) in [6.45, 7) is 5.82. The first kappa shape index (κ1) is 5.76. The predicted octanol–water partition coefficient (Wildman–Crippen LogP) is 0.280. The summed E-state index contributed by atoms with van der Waals surface area (Å²) in [6.07, 6.45) is 0. The Morgan fingerprint density at radius 2 is 2.12 bits per heavy atom. The molecule has 0 amide bonds. The van der Waals surface area contributed by atoms with E-state index in [0.717, 1.165) is 13.1 Å². The van der Waals surface area contributed by atoms with E-state index >= 15 is 0 Å². The molecule has 1 fully saturated rings. The second kappa shape index (κ2) is 1.86. The van der Waals surface area contributed by atoms with E-state index in [-0.39, 0.29) is 11.8 Å².